The molecule has 20 heavy (non-hydrogen) atoms. The van der Waals surface area contributed by atoms with Gasteiger partial charge in [-0.25, -0.2) is 0 Å². The number of hydrogen-bond acceptors (Lipinski definition) is 3. The summed E-state index contributed by atoms with van der Waals surface area (Å²) in [7, 11) is 0. The third-order valence-electron chi connectivity index (χ3n) is 4.08. The number of benzene rings is 1. The molecule has 0 aliphatic carbocycles. The third-order valence-corrected chi connectivity index (χ3v) is 4.08. The molecule has 0 saturated carbocycles. The SMILES string of the molecule is Cc1cc(C)cc(CN2CCN(CCCCN)CC2)c1. The first-order valence-corrected chi connectivity index (χ1v) is 7.89. The van der Waals surface area contributed by atoms with Gasteiger partial charge in [-0.05, 0) is 45.3 Å². The maximum absolute atomic E-state index is 5.55. The second-order valence-electron chi connectivity index (χ2n) is 6.11. The predicted octanol–water partition coefficient (Wildman–Crippen LogP) is 2.16. The number of nitrogens with two attached hydrogens (primary N) is 1. The van der Waals surface area contributed by atoms with E-state index in [0.717, 1.165) is 19.5 Å². The van der Waals surface area contributed by atoms with Crippen molar-refractivity contribution < 1.29 is 0 Å². The molecule has 2 N–H and O–H groups in total. The first kappa shape index (κ1) is 15.5. The van der Waals surface area contributed by atoms with Crippen LogP contribution in [0.1, 0.15) is 29.5 Å². The Hall–Kier alpha value is -0.900. The van der Waals surface area contributed by atoms with Crippen LogP contribution in [0.3, 0.4) is 0 Å². The van der Waals surface area contributed by atoms with Gasteiger partial charge >= 0.3 is 0 Å². The molecule has 0 aromatic heterocycles. The Kier molecular flexibility index (Phi) is 6.02. The van der Waals surface area contributed by atoms with Crippen molar-refractivity contribution in [1.82, 2.24) is 9.80 Å². The van der Waals surface area contributed by atoms with Gasteiger partial charge in [0.2, 0.25) is 0 Å². The van der Waals surface area contributed by atoms with Crippen LogP contribution in [0.15, 0.2) is 18.2 Å². The summed E-state index contributed by atoms with van der Waals surface area (Å²) in [5.74, 6) is 0. The fourth-order valence-corrected chi connectivity index (χ4v) is 3.07. The Morgan fingerprint density at radius 2 is 1.50 bits per heavy atom. The molecule has 1 fully saturated rings. The Balaban J connectivity index is 1.76. The molecular formula is C17H29N3. The van der Waals surface area contributed by atoms with E-state index in [-0.39, 0.29) is 0 Å². The molecular weight excluding hydrogens is 246 g/mol. The fraction of sp³-hybridized carbons (Fsp3) is 0.647. The van der Waals surface area contributed by atoms with Crippen LogP contribution in [0.4, 0.5) is 0 Å². The minimum Gasteiger partial charge on any atom is -0.330 e. The van der Waals surface area contributed by atoms with Gasteiger partial charge in [0.15, 0.2) is 0 Å². The zero-order valence-corrected chi connectivity index (χ0v) is 13.1. The van der Waals surface area contributed by atoms with Gasteiger partial charge in [0.05, 0.1) is 0 Å². The van der Waals surface area contributed by atoms with Crippen molar-refractivity contribution in [3.63, 3.8) is 0 Å². The average Bonchev–Trinajstić information content (AvgIpc) is 2.40. The zero-order valence-electron chi connectivity index (χ0n) is 13.1. The maximum Gasteiger partial charge on any atom is 0.0235 e. The molecule has 0 atom stereocenters. The van der Waals surface area contributed by atoms with Gasteiger partial charge in [-0.1, -0.05) is 29.3 Å². The van der Waals surface area contributed by atoms with Crippen molar-refractivity contribution in [3.8, 4) is 0 Å². The first-order chi connectivity index (χ1) is 9.67. The highest BCUT2D eigenvalue weighted by atomic mass is 15.3. The van der Waals surface area contributed by atoms with E-state index in [1.807, 2.05) is 0 Å². The largest absolute Gasteiger partial charge is 0.330 e. The smallest absolute Gasteiger partial charge is 0.0235 e. The van der Waals surface area contributed by atoms with E-state index in [9.17, 15) is 0 Å². The van der Waals surface area contributed by atoms with Gasteiger partial charge in [0.25, 0.3) is 0 Å². The number of aryl methyl sites for hydroxylation is 2. The summed E-state index contributed by atoms with van der Waals surface area (Å²) in [5, 5.41) is 0. The van der Waals surface area contributed by atoms with Crippen LogP contribution in [-0.4, -0.2) is 49.1 Å². The van der Waals surface area contributed by atoms with E-state index in [1.165, 1.54) is 55.8 Å². The standard InChI is InChI=1S/C17H29N3/c1-15-11-16(2)13-17(12-15)14-20-9-7-19(8-10-20)6-4-3-5-18/h11-13H,3-10,14,18H2,1-2H3. The second-order valence-corrected chi connectivity index (χ2v) is 6.11. The van der Waals surface area contributed by atoms with Gasteiger partial charge in [-0.15, -0.1) is 0 Å². The van der Waals surface area contributed by atoms with Crippen LogP contribution in [-0.2, 0) is 6.54 Å². The lowest BCUT2D eigenvalue weighted by atomic mass is 10.1. The minimum absolute atomic E-state index is 0.826. The lowest BCUT2D eigenvalue weighted by molar-refractivity contribution is 0.126. The van der Waals surface area contributed by atoms with Gasteiger partial charge in [0, 0.05) is 32.7 Å². The Labute approximate surface area is 123 Å². The van der Waals surface area contributed by atoms with Gasteiger partial charge in [-0.2, -0.15) is 0 Å². The van der Waals surface area contributed by atoms with Crippen LogP contribution >= 0.6 is 0 Å². The molecule has 1 heterocycles. The highest BCUT2D eigenvalue weighted by Crippen LogP contribution is 2.13. The summed E-state index contributed by atoms with van der Waals surface area (Å²) in [6.45, 7) is 12.3. The molecule has 2 rings (SSSR count). The summed E-state index contributed by atoms with van der Waals surface area (Å²) in [6, 6.07) is 6.89. The zero-order chi connectivity index (χ0) is 14.4. The minimum atomic E-state index is 0.826. The van der Waals surface area contributed by atoms with Crippen LogP contribution in [0.2, 0.25) is 0 Å². The number of piperazine rings is 1. The molecule has 0 unspecified atom stereocenters. The lowest BCUT2D eigenvalue weighted by Gasteiger charge is -2.34. The first-order valence-electron chi connectivity index (χ1n) is 7.89. The second kappa shape index (κ2) is 7.77. The van der Waals surface area contributed by atoms with Crippen LogP contribution in [0.25, 0.3) is 0 Å². The van der Waals surface area contributed by atoms with Crippen LogP contribution in [0, 0.1) is 13.8 Å². The van der Waals surface area contributed by atoms with Crippen LogP contribution < -0.4 is 5.73 Å². The van der Waals surface area contributed by atoms with Gasteiger partial charge in [-0.3, -0.25) is 4.90 Å². The number of nitrogens with zero attached hydrogens (tertiary/aromatic N) is 2. The molecule has 1 aliphatic rings. The average molecular weight is 275 g/mol. The summed E-state index contributed by atoms with van der Waals surface area (Å²) in [6.07, 6.45) is 2.40. The molecule has 1 saturated heterocycles. The van der Waals surface area contributed by atoms with Crippen molar-refractivity contribution in [2.75, 3.05) is 39.3 Å². The van der Waals surface area contributed by atoms with Crippen molar-refractivity contribution in [2.24, 2.45) is 5.73 Å². The lowest BCUT2D eigenvalue weighted by Crippen LogP contribution is -2.46. The summed E-state index contributed by atoms with van der Waals surface area (Å²) < 4.78 is 0. The normalized spacial score (nSPS) is 17.6. The van der Waals surface area contributed by atoms with E-state index in [2.05, 4.69) is 41.8 Å². The molecule has 3 nitrogen and oxygen atoms in total. The highest BCUT2D eigenvalue weighted by Gasteiger charge is 2.16. The Bertz CT molecular complexity index is 388. The monoisotopic (exact) mass is 275 g/mol. The van der Waals surface area contributed by atoms with E-state index in [1.54, 1.807) is 0 Å². The molecule has 0 amide bonds. The molecule has 1 aromatic carbocycles. The molecule has 112 valence electrons. The molecule has 0 spiro atoms. The quantitative estimate of drug-likeness (QED) is 0.808. The summed E-state index contributed by atoms with van der Waals surface area (Å²) in [4.78, 5) is 5.15. The molecule has 1 aromatic rings. The molecule has 1 aliphatic heterocycles. The van der Waals surface area contributed by atoms with Gasteiger partial charge < -0.3 is 10.6 Å². The van der Waals surface area contributed by atoms with E-state index in [0.29, 0.717) is 0 Å². The van der Waals surface area contributed by atoms with E-state index >= 15 is 0 Å². The van der Waals surface area contributed by atoms with Crippen molar-refractivity contribution in [3.05, 3.63) is 34.9 Å². The number of hydrogen-bond donors (Lipinski definition) is 1. The fourth-order valence-electron chi connectivity index (χ4n) is 3.07. The number of unbranched alkanes of at least 4 members (excludes halogenated alkanes) is 1. The van der Waals surface area contributed by atoms with Crippen molar-refractivity contribution in [1.29, 1.82) is 0 Å². The van der Waals surface area contributed by atoms with Crippen LogP contribution in [0.5, 0.6) is 0 Å². The molecule has 0 radical (unpaired) electrons. The summed E-state index contributed by atoms with van der Waals surface area (Å²) >= 11 is 0. The maximum atomic E-state index is 5.55. The molecule has 0 bridgehead atoms. The van der Waals surface area contributed by atoms with E-state index < -0.39 is 0 Å². The topological polar surface area (TPSA) is 32.5 Å². The third kappa shape index (κ3) is 4.89. The van der Waals surface area contributed by atoms with Crippen molar-refractivity contribution >= 4 is 0 Å². The highest BCUT2D eigenvalue weighted by molar-refractivity contribution is 5.28. The predicted molar refractivity (Wildman–Crippen MR) is 85.9 cm³/mol. The molecule has 3 heteroatoms. The Morgan fingerprint density at radius 1 is 0.900 bits per heavy atom. The Morgan fingerprint density at radius 3 is 2.10 bits per heavy atom. The number of rotatable bonds is 6. The summed E-state index contributed by atoms with van der Waals surface area (Å²) in [5.41, 5.74) is 9.76. The van der Waals surface area contributed by atoms with Crippen molar-refractivity contribution in [2.45, 2.75) is 33.2 Å². The van der Waals surface area contributed by atoms with Gasteiger partial charge in [0.1, 0.15) is 0 Å². The van der Waals surface area contributed by atoms with E-state index in [4.69, 9.17) is 5.73 Å².